The van der Waals surface area contributed by atoms with Gasteiger partial charge in [-0.15, -0.1) is 0 Å². The van der Waals surface area contributed by atoms with Crippen LogP contribution in [-0.4, -0.2) is 28.7 Å². The Labute approximate surface area is 125 Å². The van der Waals surface area contributed by atoms with E-state index in [0.29, 0.717) is 18.8 Å². The first-order valence-corrected chi connectivity index (χ1v) is 8.41. The molecule has 2 amide bonds. The second-order valence-corrected chi connectivity index (χ2v) is 7.18. The Morgan fingerprint density at radius 2 is 1.71 bits per heavy atom. The first kappa shape index (κ1) is 14.7. The van der Waals surface area contributed by atoms with E-state index >= 15 is 0 Å². The summed E-state index contributed by atoms with van der Waals surface area (Å²) in [5.41, 5.74) is -1.06. The lowest BCUT2D eigenvalue weighted by Crippen LogP contribution is -2.58. The lowest BCUT2D eigenvalue weighted by molar-refractivity contribution is -0.145. The SMILES string of the molecule is O=C(NC1CC2CCC1C2)NC1(C(=O)O)CCCCCC1. The predicted octanol–water partition coefficient (Wildman–Crippen LogP) is 2.65. The minimum absolute atomic E-state index is 0.250. The molecule has 0 aromatic rings. The molecule has 3 N–H and O–H groups in total. The molecule has 3 aliphatic rings. The average Bonchev–Trinajstić information content (AvgIpc) is 2.96. The average molecular weight is 294 g/mol. The number of amides is 2. The fraction of sp³-hybridized carbons (Fsp3) is 0.875. The van der Waals surface area contributed by atoms with Crippen molar-refractivity contribution in [3.05, 3.63) is 0 Å². The highest BCUT2D eigenvalue weighted by Gasteiger charge is 2.43. The number of nitrogens with one attached hydrogen (secondary N) is 2. The van der Waals surface area contributed by atoms with Crippen molar-refractivity contribution in [2.75, 3.05) is 0 Å². The maximum Gasteiger partial charge on any atom is 0.329 e. The molecular formula is C16H26N2O3. The minimum atomic E-state index is -1.06. The van der Waals surface area contributed by atoms with E-state index in [1.165, 1.54) is 19.3 Å². The smallest absolute Gasteiger partial charge is 0.329 e. The van der Waals surface area contributed by atoms with Gasteiger partial charge in [0.1, 0.15) is 5.54 Å². The van der Waals surface area contributed by atoms with E-state index in [2.05, 4.69) is 10.6 Å². The number of hydrogen-bond donors (Lipinski definition) is 3. The van der Waals surface area contributed by atoms with Crippen molar-refractivity contribution in [3.63, 3.8) is 0 Å². The number of carbonyl (C=O) groups is 2. The van der Waals surface area contributed by atoms with Crippen LogP contribution < -0.4 is 10.6 Å². The van der Waals surface area contributed by atoms with Crippen LogP contribution in [0.1, 0.15) is 64.2 Å². The molecule has 3 fully saturated rings. The van der Waals surface area contributed by atoms with Crippen LogP contribution in [0.4, 0.5) is 4.79 Å². The molecule has 0 spiro atoms. The largest absolute Gasteiger partial charge is 0.480 e. The third-order valence-corrected chi connectivity index (χ3v) is 5.77. The second kappa shape index (κ2) is 5.85. The number of hydrogen-bond acceptors (Lipinski definition) is 2. The Kier molecular flexibility index (Phi) is 4.09. The Hall–Kier alpha value is -1.26. The molecule has 0 aromatic carbocycles. The maximum atomic E-state index is 12.3. The van der Waals surface area contributed by atoms with Crippen LogP contribution in [0.15, 0.2) is 0 Å². The van der Waals surface area contributed by atoms with E-state index in [1.807, 2.05) is 0 Å². The zero-order valence-corrected chi connectivity index (χ0v) is 12.6. The number of urea groups is 1. The monoisotopic (exact) mass is 294 g/mol. The number of carbonyl (C=O) groups excluding carboxylic acids is 1. The standard InChI is InChI=1S/C16H26N2O3/c19-14(20)16(7-3-1-2-4-8-16)18-15(21)17-13-10-11-5-6-12(13)9-11/h11-13H,1-10H2,(H,19,20)(H2,17,18,21). The van der Waals surface area contributed by atoms with Crippen molar-refractivity contribution in [1.82, 2.24) is 10.6 Å². The zero-order chi connectivity index (χ0) is 14.9. The lowest BCUT2D eigenvalue weighted by Gasteiger charge is -2.31. The molecule has 0 aromatic heterocycles. The molecular weight excluding hydrogens is 268 g/mol. The number of rotatable bonds is 3. The van der Waals surface area contributed by atoms with Crippen LogP contribution in [-0.2, 0) is 4.79 Å². The number of carboxylic acid groups (broad SMARTS) is 1. The van der Waals surface area contributed by atoms with Gasteiger partial charge >= 0.3 is 12.0 Å². The summed E-state index contributed by atoms with van der Waals surface area (Å²) in [4.78, 5) is 24.0. The van der Waals surface area contributed by atoms with E-state index in [9.17, 15) is 14.7 Å². The minimum Gasteiger partial charge on any atom is -0.480 e. The van der Waals surface area contributed by atoms with Gasteiger partial charge in [-0.25, -0.2) is 9.59 Å². The highest BCUT2D eigenvalue weighted by molar-refractivity contribution is 5.86. The Balaban J connectivity index is 1.60. The van der Waals surface area contributed by atoms with E-state index in [0.717, 1.165) is 38.0 Å². The van der Waals surface area contributed by atoms with Crippen molar-refractivity contribution >= 4 is 12.0 Å². The van der Waals surface area contributed by atoms with Crippen molar-refractivity contribution < 1.29 is 14.7 Å². The number of carboxylic acids is 1. The normalized spacial score (nSPS) is 34.2. The highest BCUT2D eigenvalue weighted by Crippen LogP contribution is 2.44. The molecule has 3 aliphatic carbocycles. The third kappa shape index (κ3) is 3.01. The summed E-state index contributed by atoms with van der Waals surface area (Å²) < 4.78 is 0. The summed E-state index contributed by atoms with van der Waals surface area (Å²) in [5.74, 6) is 0.495. The molecule has 0 aliphatic heterocycles. The zero-order valence-electron chi connectivity index (χ0n) is 12.6. The van der Waals surface area contributed by atoms with E-state index < -0.39 is 11.5 Å². The van der Waals surface area contributed by atoms with Gasteiger partial charge in [-0.3, -0.25) is 0 Å². The lowest BCUT2D eigenvalue weighted by atomic mass is 9.90. The molecule has 3 saturated carbocycles. The summed E-state index contributed by atoms with van der Waals surface area (Å²) in [6, 6.07) is -0.0303. The van der Waals surface area contributed by atoms with Gasteiger partial charge in [-0.05, 0) is 43.9 Å². The first-order chi connectivity index (χ1) is 10.1. The first-order valence-electron chi connectivity index (χ1n) is 8.41. The molecule has 118 valence electrons. The summed E-state index contributed by atoms with van der Waals surface area (Å²) in [6.07, 6.45) is 9.77. The van der Waals surface area contributed by atoms with Gasteiger partial charge in [-0.1, -0.05) is 32.1 Å². The molecule has 0 saturated heterocycles. The van der Waals surface area contributed by atoms with Crippen molar-refractivity contribution in [1.29, 1.82) is 0 Å². The molecule has 3 rings (SSSR count). The molecule has 3 unspecified atom stereocenters. The van der Waals surface area contributed by atoms with Gasteiger partial charge in [0, 0.05) is 6.04 Å². The Morgan fingerprint density at radius 1 is 1.00 bits per heavy atom. The molecule has 5 nitrogen and oxygen atoms in total. The van der Waals surface area contributed by atoms with Crippen LogP contribution in [0.3, 0.4) is 0 Å². The molecule has 0 heterocycles. The van der Waals surface area contributed by atoms with Gasteiger partial charge < -0.3 is 15.7 Å². The van der Waals surface area contributed by atoms with Gasteiger partial charge in [0.05, 0.1) is 0 Å². The summed E-state index contributed by atoms with van der Waals surface area (Å²) >= 11 is 0. The van der Waals surface area contributed by atoms with Crippen LogP contribution in [0.2, 0.25) is 0 Å². The number of fused-ring (bicyclic) bond motifs is 2. The Morgan fingerprint density at radius 3 is 2.24 bits per heavy atom. The fourth-order valence-corrected chi connectivity index (χ4v) is 4.57. The van der Waals surface area contributed by atoms with E-state index in [4.69, 9.17) is 0 Å². The van der Waals surface area contributed by atoms with Gasteiger partial charge in [0.25, 0.3) is 0 Å². The Bertz CT molecular complexity index is 416. The molecule has 2 bridgehead atoms. The second-order valence-electron chi connectivity index (χ2n) is 7.18. The van der Waals surface area contributed by atoms with Crippen LogP contribution in [0, 0.1) is 11.8 Å². The third-order valence-electron chi connectivity index (χ3n) is 5.77. The molecule has 0 radical (unpaired) electrons. The predicted molar refractivity (Wildman–Crippen MR) is 79.0 cm³/mol. The summed E-state index contributed by atoms with van der Waals surface area (Å²) in [6.45, 7) is 0. The highest BCUT2D eigenvalue weighted by atomic mass is 16.4. The molecule has 3 atom stereocenters. The maximum absolute atomic E-state index is 12.3. The van der Waals surface area contributed by atoms with Gasteiger partial charge in [0.2, 0.25) is 0 Å². The van der Waals surface area contributed by atoms with Crippen molar-refractivity contribution in [3.8, 4) is 0 Å². The quantitative estimate of drug-likeness (QED) is 0.700. The van der Waals surface area contributed by atoms with Crippen molar-refractivity contribution in [2.45, 2.75) is 75.8 Å². The van der Waals surface area contributed by atoms with E-state index in [-0.39, 0.29) is 12.1 Å². The van der Waals surface area contributed by atoms with Crippen LogP contribution in [0.5, 0.6) is 0 Å². The van der Waals surface area contributed by atoms with E-state index in [1.54, 1.807) is 0 Å². The fourth-order valence-electron chi connectivity index (χ4n) is 4.57. The van der Waals surface area contributed by atoms with Crippen molar-refractivity contribution in [2.24, 2.45) is 11.8 Å². The molecule has 5 heteroatoms. The molecule has 21 heavy (non-hydrogen) atoms. The topological polar surface area (TPSA) is 78.4 Å². The summed E-state index contributed by atoms with van der Waals surface area (Å²) in [5, 5.41) is 15.4. The van der Waals surface area contributed by atoms with Crippen LogP contribution >= 0.6 is 0 Å². The summed E-state index contributed by atoms with van der Waals surface area (Å²) in [7, 11) is 0. The van der Waals surface area contributed by atoms with Crippen LogP contribution in [0.25, 0.3) is 0 Å². The van der Waals surface area contributed by atoms with Gasteiger partial charge in [0.15, 0.2) is 0 Å². The van der Waals surface area contributed by atoms with Gasteiger partial charge in [-0.2, -0.15) is 0 Å². The number of aliphatic carboxylic acids is 1.